The van der Waals surface area contributed by atoms with Crippen LogP contribution in [0, 0.1) is 0 Å². The van der Waals surface area contributed by atoms with Gasteiger partial charge in [-0.1, -0.05) is 37.3 Å². The van der Waals surface area contributed by atoms with E-state index in [1.165, 1.54) is 0 Å². The van der Waals surface area contributed by atoms with Crippen molar-refractivity contribution in [3.05, 3.63) is 39.9 Å². The smallest absolute Gasteiger partial charge is 0.410 e. The number of carbonyl (C=O) groups excluding carboxylic acids is 1. The molecule has 2 saturated heterocycles. The molecule has 0 radical (unpaired) electrons. The van der Waals surface area contributed by atoms with E-state index in [-0.39, 0.29) is 30.5 Å². The molecule has 0 saturated carbocycles. The molecular formula is C33H46ClN7O4Si. The molecular weight excluding hydrogens is 622 g/mol. The lowest BCUT2D eigenvalue weighted by Crippen LogP contribution is -2.63. The summed E-state index contributed by atoms with van der Waals surface area (Å²) in [4.78, 5) is 36.8. The Hall–Kier alpha value is -3.35. The molecule has 5 heterocycles. The van der Waals surface area contributed by atoms with Crippen LogP contribution in [0.5, 0.6) is 0 Å². The van der Waals surface area contributed by atoms with Crippen LogP contribution in [0.1, 0.15) is 40.0 Å². The zero-order valence-electron chi connectivity index (χ0n) is 28.3. The van der Waals surface area contributed by atoms with E-state index in [0.29, 0.717) is 47.3 Å². The topological polar surface area (TPSA) is 99.6 Å². The van der Waals surface area contributed by atoms with Crippen LogP contribution in [0.25, 0.3) is 33.1 Å². The highest BCUT2D eigenvalue weighted by Crippen LogP contribution is 2.38. The van der Waals surface area contributed by atoms with Crippen LogP contribution < -0.4 is 10.5 Å². The van der Waals surface area contributed by atoms with Crippen molar-refractivity contribution in [1.29, 1.82) is 0 Å². The fourth-order valence-corrected chi connectivity index (χ4v) is 7.77. The zero-order chi connectivity index (χ0) is 33.1. The zero-order valence-corrected chi connectivity index (χ0v) is 30.0. The number of benzene rings is 1. The average molecular weight is 668 g/mol. The summed E-state index contributed by atoms with van der Waals surface area (Å²) < 4.78 is 17.3. The van der Waals surface area contributed by atoms with Gasteiger partial charge in [-0.2, -0.15) is 10.1 Å². The second-order valence-electron chi connectivity index (χ2n) is 15.0. The number of ether oxygens (including phenoxy) is 2. The molecule has 4 aromatic rings. The molecule has 0 N–H and O–H groups in total. The van der Waals surface area contributed by atoms with Gasteiger partial charge in [-0.3, -0.25) is 18.9 Å². The Balaban J connectivity index is 1.41. The SMILES string of the molecule is Cn1cc2c(Cl)c(-c3cn(COCC[Si](C)(C)C)c4nc(N5CC6CCCC(C5)N6C(=O)OC(C)(C)C)n(C)c(=O)c34)ccc2n1. The molecule has 2 unspecified atom stereocenters. The first-order valence-corrected chi connectivity index (χ1v) is 20.3. The first-order chi connectivity index (χ1) is 21.6. The van der Waals surface area contributed by atoms with Gasteiger partial charge in [0.05, 0.1) is 28.0 Å². The van der Waals surface area contributed by atoms with Gasteiger partial charge in [0.15, 0.2) is 5.65 Å². The van der Waals surface area contributed by atoms with Gasteiger partial charge in [0.25, 0.3) is 5.56 Å². The number of aromatic nitrogens is 5. The monoisotopic (exact) mass is 667 g/mol. The lowest BCUT2D eigenvalue weighted by atomic mass is 9.92. The number of halogens is 1. The third kappa shape index (κ3) is 6.31. The number of hydrogen-bond acceptors (Lipinski definition) is 7. The van der Waals surface area contributed by atoms with E-state index >= 15 is 0 Å². The Morgan fingerprint density at radius 2 is 1.76 bits per heavy atom. The van der Waals surface area contributed by atoms with E-state index in [2.05, 4.69) is 29.6 Å². The summed E-state index contributed by atoms with van der Waals surface area (Å²) in [6, 6.07) is 4.85. The van der Waals surface area contributed by atoms with Gasteiger partial charge in [-0.25, -0.2) is 4.79 Å². The molecule has 46 heavy (non-hydrogen) atoms. The molecule has 13 heteroatoms. The lowest BCUT2D eigenvalue weighted by molar-refractivity contribution is -0.00992. The maximum Gasteiger partial charge on any atom is 0.410 e. The minimum absolute atomic E-state index is 0.0211. The molecule has 0 spiro atoms. The largest absolute Gasteiger partial charge is 0.444 e. The standard InChI is InChI=1S/C33H46ClN7O4Si/c1-33(2,3)45-32(43)41-21-10-9-11-22(41)17-39(16-21)31-35-29-27(30(42)38(31)5)24(19-40(29)20-44-14-15-46(6,7)8)23-12-13-26-25(28(23)34)18-37(4)36-26/h12-13,18-19,21-22H,9-11,14-17,20H2,1-8H3. The molecule has 2 bridgehead atoms. The van der Waals surface area contributed by atoms with Crippen molar-refractivity contribution in [3.8, 4) is 11.1 Å². The molecule has 248 valence electrons. The fourth-order valence-electron chi connectivity index (χ4n) is 6.70. The molecule has 11 nitrogen and oxygen atoms in total. The number of aryl methyl sites for hydroxylation is 1. The van der Waals surface area contributed by atoms with Gasteiger partial charge >= 0.3 is 6.09 Å². The predicted molar refractivity (Wildman–Crippen MR) is 186 cm³/mol. The highest BCUT2D eigenvalue weighted by atomic mass is 35.5. The Morgan fingerprint density at radius 3 is 2.41 bits per heavy atom. The molecule has 3 aromatic heterocycles. The Kier molecular flexibility index (Phi) is 8.52. The normalized spacial score (nSPS) is 19.0. The summed E-state index contributed by atoms with van der Waals surface area (Å²) >= 11 is 6.99. The number of piperidine rings is 1. The Morgan fingerprint density at radius 1 is 1.07 bits per heavy atom. The van der Waals surface area contributed by atoms with Crippen molar-refractivity contribution in [2.75, 3.05) is 24.6 Å². The minimum Gasteiger partial charge on any atom is -0.444 e. The third-order valence-electron chi connectivity index (χ3n) is 8.94. The van der Waals surface area contributed by atoms with E-state index in [1.807, 2.05) is 61.8 Å². The molecule has 0 aliphatic carbocycles. The first kappa shape index (κ1) is 32.6. The molecule has 1 aromatic carbocycles. The summed E-state index contributed by atoms with van der Waals surface area (Å²) in [6.45, 7) is 14.7. The Labute approximate surface area is 276 Å². The predicted octanol–water partition coefficient (Wildman–Crippen LogP) is 6.23. The average Bonchev–Trinajstić information content (AvgIpc) is 3.51. The number of amides is 1. The number of anilines is 1. The van der Waals surface area contributed by atoms with Crippen molar-refractivity contribution >= 4 is 53.7 Å². The highest BCUT2D eigenvalue weighted by Gasteiger charge is 2.43. The number of rotatable bonds is 7. The molecule has 1 amide bonds. The van der Waals surface area contributed by atoms with Crippen LogP contribution in [0.2, 0.25) is 30.7 Å². The first-order valence-electron chi connectivity index (χ1n) is 16.2. The summed E-state index contributed by atoms with van der Waals surface area (Å²) in [7, 11) is 2.35. The number of piperazine rings is 1. The maximum atomic E-state index is 14.3. The van der Waals surface area contributed by atoms with Crippen LogP contribution in [0.4, 0.5) is 10.7 Å². The summed E-state index contributed by atoms with van der Waals surface area (Å²) in [5.41, 5.74) is 2.09. The molecule has 2 aliphatic heterocycles. The number of hydrogen-bond donors (Lipinski definition) is 0. The molecule has 2 aliphatic rings. The molecule has 2 atom stereocenters. The van der Waals surface area contributed by atoms with Gasteiger partial charge in [0, 0.05) is 70.8 Å². The van der Waals surface area contributed by atoms with Gasteiger partial charge in [-0.15, -0.1) is 0 Å². The minimum atomic E-state index is -1.29. The van der Waals surface area contributed by atoms with E-state index in [1.54, 1.807) is 16.3 Å². The summed E-state index contributed by atoms with van der Waals surface area (Å²) in [6.07, 6.45) is 6.37. The number of fused-ring (bicyclic) bond motifs is 4. The quantitative estimate of drug-likeness (QED) is 0.170. The second-order valence-corrected chi connectivity index (χ2v) is 21.0. The van der Waals surface area contributed by atoms with Crippen molar-refractivity contribution < 1.29 is 14.3 Å². The van der Waals surface area contributed by atoms with Crippen molar-refractivity contribution in [1.82, 2.24) is 28.8 Å². The van der Waals surface area contributed by atoms with Gasteiger partial charge in [0.1, 0.15) is 12.3 Å². The molecule has 6 rings (SSSR count). The van der Waals surface area contributed by atoms with E-state index < -0.39 is 13.7 Å². The van der Waals surface area contributed by atoms with E-state index in [9.17, 15) is 9.59 Å². The molecule has 2 fully saturated rings. The van der Waals surface area contributed by atoms with Crippen LogP contribution in [-0.2, 0) is 30.3 Å². The van der Waals surface area contributed by atoms with Crippen LogP contribution in [-0.4, -0.2) is 80.3 Å². The number of carbonyl (C=O) groups is 1. The van der Waals surface area contributed by atoms with Crippen molar-refractivity contribution in [2.24, 2.45) is 14.1 Å². The van der Waals surface area contributed by atoms with Crippen LogP contribution >= 0.6 is 11.6 Å². The van der Waals surface area contributed by atoms with Crippen molar-refractivity contribution in [2.45, 2.75) is 90.1 Å². The summed E-state index contributed by atoms with van der Waals surface area (Å²) in [5, 5.41) is 6.36. The highest BCUT2D eigenvalue weighted by molar-refractivity contribution is 6.76. The van der Waals surface area contributed by atoms with Crippen LogP contribution in [0.3, 0.4) is 0 Å². The van der Waals surface area contributed by atoms with Crippen molar-refractivity contribution in [3.63, 3.8) is 0 Å². The Bertz CT molecular complexity index is 1840. The maximum absolute atomic E-state index is 14.3. The number of nitrogens with zero attached hydrogens (tertiary/aromatic N) is 7. The lowest BCUT2D eigenvalue weighted by Gasteiger charge is -2.50. The third-order valence-corrected chi connectivity index (χ3v) is 11.1. The summed E-state index contributed by atoms with van der Waals surface area (Å²) in [5.74, 6) is 0.583. The van der Waals surface area contributed by atoms with Gasteiger partial charge < -0.3 is 18.9 Å². The van der Waals surface area contributed by atoms with Gasteiger partial charge in [0.2, 0.25) is 5.95 Å². The van der Waals surface area contributed by atoms with Gasteiger partial charge in [-0.05, 0) is 52.1 Å². The fraction of sp³-hybridized carbons (Fsp3) is 0.576. The van der Waals surface area contributed by atoms with Crippen LogP contribution in [0.15, 0.2) is 29.3 Å². The second kappa shape index (κ2) is 12.0. The van der Waals surface area contributed by atoms with E-state index in [0.717, 1.165) is 41.8 Å². The van der Waals surface area contributed by atoms with E-state index in [4.69, 9.17) is 26.1 Å².